The highest BCUT2D eigenvalue weighted by atomic mass is 32.1. The number of thiophene rings is 1. The molecule has 0 aromatic carbocycles. The van der Waals surface area contributed by atoms with Crippen molar-refractivity contribution in [3.63, 3.8) is 0 Å². The summed E-state index contributed by atoms with van der Waals surface area (Å²) < 4.78 is 0. The normalized spacial score (nSPS) is 10.5. The van der Waals surface area contributed by atoms with Crippen molar-refractivity contribution in [1.82, 2.24) is 20.3 Å². The highest BCUT2D eigenvalue weighted by molar-refractivity contribution is 7.17. The van der Waals surface area contributed by atoms with Crippen LogP contribution in [0.15, 0.2) is 35.3 Å². The van der Waals surface area contributed by atoms with Gasteiger partial charge < -0.3 is 5.32 Å². The number of carbonyl (C=O) groups excluding carboxylic acids is 1. The predicted octanol–water partition coefficient (Wildman–Crippen LogP) is 2.90. The van der Waals surface area contributed by atoms with Crippen molar-refractivity contribution >= 4 is 28.6 Å². The lowest BCUT2D eigenvalue weighted by molar-refractivity contribution is 0.0954. The number of rotatable bonds is 4. The first kappa shape index (κ1) is 13.8. The standard InChI is InChI=1S/C14H12N4OS2/c1-9-11(13(19)17-7-10-3-6-20-8-10)21-14(18-9)12-15-4-2-5-16-12/h2-6,8H,7H2,1H3,(H,17,19). The van der Waals surface area contributed by atoms with Crippen molar-refractivity contribution in [2.24, 2.45) is 0 Å². The number of amides is 1. The molecule has 0 aliphatic heterocycles. The monoisotopic (exact) mass is 316 g/mol. The minimum atomic E-state index is -0.113. The van der Waals surface area contributed by atoms with Gasteiger partial charge in [-0.1, -0.05) is 0 Å². The summed E-state index contributed by atoms with van der Waals surface area (Å²) in [5, 5.41) is 7.57. The van der Waals surface area contributed by atoms with Crippen LogP contribution >= 0.6 is 22.7 Å². The Labute approximate surface area is 129 Å². The summed E-state index contributed by atoms with van der Waals surface area (Å²) in [6.45, 7) is 2.35. The first-order valence-electron chi connectivity index (χ1n) is 6.28. The third-order valence-electron chi connectivity index (χ3n) is 2.79. The highest BCUT2D eigenvalue weighted by Crippen LogP contribution is 2.25. The Morgan fingerprint density at radius 2 is 2.14 bits per heavy atom. The SMILES string of the molecule is Cc1nc(-c2ncccn2)sc1C(=O)NCc1ccsc1. The van der Waals surface area contributed by atoms with Crippen LogP contribution in [0, 0.1) is 6.92 Å². The van der Waals surface area contributed by atoms with E-state index >= 15 is 0 Å². The molecule has 0 fully saturated rings. The Balaban J connectivity index is 1.76. The second-order valence-corrected chi connectivity index (χ2v) is 6.10. The molecule has 0 spiro atoms. The molecule has 0 aliphatic carbocycles. The van der Waals surface area contributed by atoms with Gasteiger partial charge in [0.2, 0.25) is 0 Å². The zero-order valence-electron chi connectivity index (χ0n) is 11.2. The molecule has 3 rings (SSSR count). The summed E-state index contributed by atoms with van der Waals surface area (Å²) in [6, 6.07) is 3.74. The fourth-order valence-corrected chi connectivity index (χ4v) is 3.37. The van der Waals surface area contributed by atoms with Crippen molar-refractivity contribution in [1.29, 1.82) is 0 Å². The second kappa shape index (κ2) is 6.11. The minimum absolute atomic E-state index is 0.113. The number of aromatic nitrogens is 3. The largest absolute Gasteiger partial charge is 0.347 e. The van der Waals surface area contributed by atoms with Gasteiger partial charge >= 0.3 is 0 Å². The van der Waals surface area contributed by atoms with Gasteiger partial charge in [-0.3, -0.25) is 4.79 Å². The molecule has 0 unspecified atom stereocenters. The predicted molar refractivity (Wildman–Crippen MR) is 83.4 cm³/mol. The third kappa shape index (κ3) is 3.14. The Morgan fingerprint density at radius 3 is 2.86 bits per heavy atom. The van der Waals surface area contributed by atoms with Gasteiger partial charge in [0.25, 0.3) is 5.91 Å². The fraction of sp³-hybridized carbons (Fsp3) is 0.143. The lowest BCUT2D eigenvalue weighted by atomic mass is 10.3. The summed E-state index contributed by atoms with van der Waals surface area (Å²) in [5.41, 5.74) is 1.80. The first-order valence-corrected chi connectivity index (χ1v) is 8.04. The zero-order chi connectivity index (χ0) is 14.7. The van der Waals surface area contributed by atoms with Crippen molar-refractivity contribution in [3.8, 4) is 10.8 Å². The summed E-state index contributed by atoms with van der Waals surface area (Å²) in [6.07, 6.45) is 3.32. The van der Waals surface area contributed by atoms with Crippen LogP contribution in [0.1, 0.15) is 20.9 Å². The number of thiazole rings is 1. The van der Waals surface area contributed by atoms with Crippen LogP contribution in [-0.2, 0) is 6.54 Å². The van der Waals surface area contributed by atoms with Gasteiger partial charge in [-0.05, 0) is 35.4 Å². The van der Waals surface area contributed by atoms with E-state index in [0.717, 1.165) is 5.56 Å². The lowest BCUT2D eigenvalue weighted by Gasteiger charge is -2.01. The van der Waals surface area contributed by atoms with Crippen molar-refractivity contribution in [2.75, 3.05) is 0 Å². The van der Waals surface area contributed by atoms with Gasteiger partial charge in [-0.25, -0.2) is 15.0 Å². The molecule has 1 N–H and O–H groups in total. The average Bonchev–Trinajstić information content (AvgIpc) is 3.15. The maximum Gasteiger partial charge on any atom is 0.263 e. The average molecular weight is 316 g/mol. The van der Waals surface area contributed by atoms with E-state index in [4.69, 9.17) is 0 Å². The van der Waals surface area contributed by atoms with E-state index in [1.54, 1.807) is 29.8 Å². The second-order valence-electron chi connectivity index (χ2n) is 4.32. The molecule has 0 bridgehead atoms. The third-order valence-corrected chi connectivity index (χ3v) is 4.68. The molecule has 3 aromatic rings. The van der Waals surface area contributed by atoms with Gasteiger partial charge in [0.15, 0.2) is 10.8 Å². The molecular formula is C14H12N4OS2. The van der Waals surface area contributed by atoms with Crippen LogP contribution in [-0.4, -0.2) is 20.9 Å². The van der Waals surface area contributed by atoms with Crippen LogP contribution in [0.2, 0.25) is 0 Å². The smallest absolute Gasteiger partial charge is 0.263 e. The number of nitrogens with one attached hydrogen (secondary N) is 1. The summed E-state index contributed by atoms with van der Waals surface area (Å²) in [7, 11) is 0. The molecule has 3 heterocycles. The van der Waals surface area contributed by atoms with Crippen LogP contribution in [0.3, 0.4) is 0 Å². The molecule has 0 aliphatic rings. The highest BCUT2D eigenvalue weighted by Gasteiger charge is 2.17. The molecule has 7 heteroatoms. The number of aryl methyl sites for hydroxylation is 1. The fourth-order valence-electron chi connectivity index (χ4n) is 1.77. The Bertz CT molecular complexity index is 738. The molecule has 0 radical (unpaired) electrons. The van der Waals surface area contributed by atoms with Crippen LogP contribution in [0.5, 0.6) is 0 Å². The number of nitrogens with zero attached hydrogens (tertiary/aromatic N) is 3. The first-order chi connectivity index (χ1) is 10.2. The van der Waals surface area contributed by atoms with Gasteiger partial charge in [0.1, 0.15) is 4.88 Å². The number of carbonyl (C=O) groups is 1. The molecule has 1 amide bonds. The van der Waals surface area contributed by atoms with E-state index in [1.807, 2.05) is 23.8 Å². The van der Waals surface area contributed by atoms with Crippen LogP contribution in [0.4, 0.5) is 0 Å². The van der Waals surface area contributed by atoms with Gasteiger partial charge in [-0.2, -0.15) is 11.3 Å². The molecule has 3 aromatic heterocycles. The Hall–Kier alpha value is -2.12. The van der Waals surface area contributed by atoms with E-state index in [-0.39, 0.29) is 5.91 Å². The van der Waals surface area contributed by atoms with E-state index < -0.39 is 0 Å². The Kier molecular flexibility index (Phi) is 4.03. The summed E-state index contributed by atoms with van der Waals surface area (Å²) in [5.74, 6) is 0.431. The molecule has 0 saturated carbocycles. The molecular weight excluding hydrogens is 304 g/mol. The van der Waals surface area contributed by atoms with Gasteiger partial charge in [0, 0.05) is 18.9 Å². The lowest BCUT2D eigenvalue weighted by Crippen LogP contribution is -2.22. The topological polar surface area (TPSA) is 67.8 Å². The zero-order valence-corrected chi connectivity index (χ0v) is 12.9. The maximum atomic E-state index is 12.2. The summed E-state index contributed by atoms with van der Waals surface area (Å²) >= 11 is 2.93. The van der Waals surface area contributed by atoms with Gasteiger partial charge in [0.05, 0.1) is 5.69 Å². The quantitative estimate of drug-likeness (QED) is 0.803. The van der Waals surface area contributed by atoms with Gasteiger partial charge in [-0.15, -0.1) is 11.3 Å². The molecule has 21 heavy (non-hydrogen) atoms. The number of hydrogen-bond donors (Lipinski definition) is 1. The molecule has 0 atom stereocenters. The molecule has 5 nitrogen and oxygen atoms in total. The minimum Gasteiger partial charge on any atom is -0.347 e. The number of hydrogen-bond acceptors (Lipinski definition) is 6. The maximum absolute atomic E-state index is 12.2. The van der Waals surface area contributed by atoms with Crippen LogP contribution in [0.25, 0.3) is 10.8 Å². The Morgan fingerprint density at radius 1 is 1.33 bits per heavy atom. The molecule has 106 valence electrons. The van der Waals surface area contributed by atoms with Crippen molar-refractivity contribution in [3.05, 3.63) is 51.4 Å². The van der Waals surface area contributed by atoms with Crippen LogP contribution < -0.4 is 5.32 Å². The van der Waals surface area contributed by atoms with Crippen molar-refractivity contribution in [2.45, 2.75) is 13.5 Å². The van der Waals surface area contributed by atoms with E-state index in [1.165, 1.54) is 11.3 Å². The summed E-state index contributed by atoms with van der Waals surface area (Å²) in [4.78, 5) is 25.5. The van der Waals surface area contributed by atoms with E-state index in [9.17, 15) is 4.79 Å². The van der Waals surface area contributed by atoms with E-state index in [0.29, 0.717) is 27.9 Å². The molecule has 0 saturated heterocycles. The van der Waals surface area contributed by atoms with Crippen molar-refractivity contribution < 1.29 is 4.79 Å². The van der Waals surface area contributed by atoms with E-state index in [2.05, 4.69) is 20.3 Å².